The smallest absolute Gasteiger partial charge is 0.0213 e. The van der Waals surface area contributed by atoms with Crippen LogP contribution in [0.1, 0.15) is 39.0 Å². The van der Waals surface area contributed by atoms with Gasteiger partial charge in [0.25, 0.3) is 0 Å². The average Bonchev–Trinajstić information content (AvgIpc) is 2.10. The summed E-state index contributed by atoms with van der Waals surface area (Å²) in [6.07, 6.45) is 3.45. The standard InChI is InChI=1S/C8H18O4S2/c1-2-8(14(11)12)6-4-3-5-7-13(9)10/h8H,2-7H2,1H3,(H,9,10)(H,11,12)/p-2. The van der Waals surface area contributed by atoms with Crippen molar-refractivity contribution in [1.29, 1.82) is 0 Å². The Hall–Kier alpha value is 0.220. The Balaban J connectivity index is 3.42. The maximum absolute atomic E-state index is 10.6. The van der Waals surface area contributed by atoms with E-state index in [9.17, 15) is 17.5 Å². The van der Waals surface area contributed by atoms with E-state index < -0.39 is 22.2 Å². The molecule has 0 bridgehead atoms. The summed E-state index contributed by atoms with van der Waals surface area (Å²) in [4.78, 5) is 0. The van der Waals surface area contributed by atoms with Crippen molar-refractivity contribution in [3.8, 4) is 0 Å². The van der Waals surface area contributed by atoms with Crippen molar-refractivity contribution < 1.29 is 17.5 Å². The number of hydrogen-bond acceptors (Lipinski definition) is 4. The van der Waals surface area contributed by atoms with Gasteiger partial charge in [0.15, 0.2) is 0 Å². The number of rotatable bonds is 8. The van der Waals surface area contributed by atoms with Crippen molar-refractivity contribution in [3.63, 3.8) is 0 Å². The topological polar surface area (TPSA) is 80.3 Å². The van der Waals surface area contributed by atoms with E-state index in [1.807, 2.05) is 6.92 Å². The second kappa shape index (κ2) is 8.52. The van der Waals surface area contributed by atoms with E-state index in [-0.39, 0.29) is 11.0 Å². The summed E-state index contributed by atoms with van der Waals surface area (Å²) in [6, 6.07) is 0. The SMILES string of the molecule is CCC(CCCCCS(=O)[O-])S(=O)[O-]. The Bertz CT molecular complexity index is 196. The highest BCUT2D eigenvalue weighted by atomic mass is 32.2. The first-order valence-electron chi connectivity index (χ1n) is 4.71. The van der Waals surface area contributed by atoms with Gasteiger partial charge in [0.1, 0.15) is 0 Å². The van der Waals surface area contributed by atoms with Crippen molar-refractivity contribution in [3.05, 3.63) is 0 Å². The van der Waals surface area contributed by atoms with Gasteiger partial charge >= 0.3 is 0 Å². The Kier molecular flexibility index (Phi) is 8.66. The molecule has 0 aromatic heterocycles. The minimum atomic E-state index is -1.99. The van der Waals surface area contributed by atoms with Crippen LogP contribution < -0.4 is 0 Å². The van der Waals surface area contributed by atoms with Gasteiger partial charge in [0.2, 0.25) is 0 Å². The fourth-order valence-corrected chi connectivity index (χ4v) is 2.28. The molecule has 0 radical (unpaired) electrons. The molecule has 0 aromatic carbocycles. The second-order valence-electron chi connectivity index (χ2n) is 3.15. The number of hydrogen-bond donors (Lipinski definition) is 0. The van der Waals surface area contributed by atoms with Crippen molar-refractivity contribution in [2.75, 3.05) is 5.75 Å². The van der Waals surface area contributed by atoms with Crippen LogP contribution in [0.3, 0.4) is 0 Å². The molecule has 0 fully saturated rings. The molecule has 14 heavy (non-hydrogen) atoms. The van der Waals surface area contributed by atoms with Crippen LogP contribution in [0.2, 0.25) is 0 Å². The predicted octanol–water partition coefficient (Wildman–Crippen LogP) is 1.08. The Morgan fingerprint density at radius 1 is 1.14 bits per heavy atom. The highest BCUT2D eigenvalue weighted by Gasteiger charge is 2.05. The van der Waals surface area contributed by atoms with E-state index in [4.69, 9.17) is 0 Å². The molecule has 3 unspecified atom stereocenters. The molecule has 0 aliphatic carbocycles. The highest BCUT2D eigenvalue weighted by Crippen LogP contribution is 2.11. The van der Waals surface area contributed by atoms with Gasteiger partial charge in [-0.05, 0) is 19.3 Å². The molecule has 0 aromatic rings. The third-order valence-electron chi connectivity index (χ3n) is 2.06. The maximum atomic E-state index is 10.6. The van der Waals surface area contributed by atoms with E-state index in [0.717, 1.165) is 12.8 Å². The molecule has 0 aliphatic heterocycles. The van der Waals surface area contributed by atoms with Crippen molar-refractivity contribution >= 4 is 22.2 Å². The molecule has 0 saturated heterocycles. The van der Waals surface area contributed by atoms with Crippen LogP contribution in [0.5, 0.6) is 0 Å². The summed E-state index contributed by atoms with van der Waals surface area (Å²) < 4.78 is 41.5. The summed E-state index contributed by atoms with van der Waals surface area (Å²) in [5.74, 6) is 0.178. The Labute approximate surface area is 90.0 Å². The lowest BCUT2D eigenvalue weighted by Gasteiger charge is -2.17. The van der Waals surface area contributed by atoms with Crippen LogP contribution in [0.15, 0.2) is 0 Å². The van der Waals surface area contributed by atoms with Crippen molar-refractivity contribution in [2.24, 2.45) is 0 Å². The Morgan fingerprint density at radius 2 is 1.79 bits per heavy atom. The molecular formula is C8H16O4S2-2. The molecular weight excluding hydrogens is 224 g/mol. The molecule has 0 rings (SSSR count). The molecule has 4 nitrogen and oxygen atoms in total. The van der Waals surface area contributed by atoms with Gasteiger partial charge < -0.3 is 9.11 Å². The minimum Gasteiger partial charge on any atom is -0.772 e. The zero-order valence-corrected chi connectivity index (χ0v) is 9.90. The van der Waals surface area contributed by atoms with Crippen LogP contribution >= 0.6 is 0 Å². The van der Waals surface area contributed by atoms with E-state index >= 15 is 0 Å². The third-order valence-corrected chi connectivity index (χ3v) is 3.80. The number of unbranched alkanes of at least 4 members (excludes halogenated alkanes) is 2. The quantitative estimate of drug-likeness (QED) is 0.469. The van der Waals surface area contributed by atoms with E-state index in [0.29, 0.717) is 19.3 Å². The van der Waals surface area contributed by atoms with Crippen molar-refractivity contribution in [2.45, 2.75) is 44.3 Å². The first-order chi connectivity index (χ1) is 6.57. The van der Waals surface area contributed by atoms with Gasteiger partial charge in [-0.1, -0.05) is 41.9 Å². The first kappa shape index (κ1) is 14.2. The maximum Gasteiger partial charge on any atom is 0.0213 e. The molecule has 6 heteroatoms. The van der Waals surface area contributed by atoms with Crippen LogP contribution in [0, 0.1) is 0 Å². The molecule has 0 saturated carbocycles. The van der Waals surface area contributed by atoms with Crippen LogP contribution in [-0.4, -0.2) is 28.5 Å². The minimum absolute atomic E-state index is 0.178. The zero-order chi connectivity index (χ0) is 11.0. The van der Waals surface area contributed by atoms with Crippen LogP contribution in [0.25, 0.3) is 0 Å². The van der Waals surface area contributed by atoms with Gasteiger partial charge in [-0.2, -0.15) is 0 Å². The molecule has 0 N–H and O–H groups in total. The fourth-order valence-electron chi connectivity index (χ4n) is 1.21. The lowest BCUT2D eigenvalue weighted by atomic mass is 10.1. The zero-order valence-electron chi connectivity index (χ0n) is 8.27. The largest absolute Gasteiger partial charge is 0.772 e. The molecule has 0 amide bonds. The van der Waals surface area contributed by atoms with Crippen LogP contribution in [0.4, 0.5) is 0 Å². The van der Waals surface area contributed by atoms with Gasteiger partial charge in [-0.15, -0.1) is 0 Å². The second-order valence-corrected chi connectivity index (χ2v) is 5.35. The third kappa shape index (κ3) is 7.61. The first-order valence-corrected chi connectivity index (χ1v) is 7.10. The monoisotopic (exact) mass is 240 g/mol. The molecule has 3 atom stereocenters. The van der Waals surface area contributed by atoms with Gasteiger partial charge in [-0.3, -0.25) is 8.42 Å². The van der Waals surface area contributed by atoms with E-state index in [1.54, 1.807) is 0 Å². The molecule has 0 heterocycles. The van der Waals surface area contributed by atoms with Gasteiger partial charge in [0, 0.05) is 11.0 Å². The molecule has 86 valence electrons. The molecule has 0 spiro atoms. The Morgan fingerprint density at radius 3 is 2.21 bits per heavy atom. The summed E-state index contributed by atoms with van der Waals surface area (Å²) in [7, 11) is 0. The van der Waals surface area contributed by atoms with Gasteiger partial charge in [0.05, 0.1) is 0 Å². The lowest BCUT2D eigenvalue weighted by molar-refractivity contribution is 0.503. The van der Waals surface area contributed by atoms with Crippen molar-refractivity contribution in [1.82, 2.24) is 0 Å². The van der Waals surface area contributed by atoms with Crippen LogP contribution in [-0.2, 0) is 22.2 Å². The molecule has 0 aliphatic rings. The van der Waals surface area contributed by atoms with Gasteiger partial charge in [-0.25, -0.2) is 0 Å². The average molecular weight is 240 g/mol. The lowest BCUT2D eigenvalue weighted by Crippen LogP contribution is -2.13. The summed E-state index contributed by atoms with van der Waals surface area (Å²) in [6.45, 7) is 1.84. The fraction of sp³-hybridized carbons (Fsp3) is 1.00. The van der Waals surface area contributed by atoms with E-state index in [1.165, 1.54) is 0 Å². The predicted molar refractivity (Wildman–Crippen MR) is 55.3 cm³/mol. The normalized spacial score (nSPS) is 17.6. The highest BCUT2D eigenvalue weighted by molar-refractivity contribution is 7.79. The summed E-state index contributed by atoms with van der Waals surface area (Å²) in [5, 5.41) is -0.271. The van der Waals surface area contributed by atoms with E-state index in [2.05, 4.69) is 0 Å². The summed E-state index contributed by atoms with van der Waals surface area (Å²) in [5.41, 5.74) is 0. The summed E-state index contributed by atoms with van der Waals surface area (Å²) >= 11 is -3.95.